The minimum Gasteiger partial charge on any atom is -0.394 e. The summed E-state index contributed by atoms with van der Waals surface area (Å²) in [5.41, 5.74) is 1.08. The van der Waals surface area contributed by atoms with Crippen LogP contribution in [0.15, 0.2) is 30.3 Å². The van der Waals surface area contributed by atoms with Gasteiger partial charge in [-0.05, 0) is 5.56 Å². The van der Waals surface area contributed by atoms with E-state index in [1.165, 1.54) is 6.92 Å². The molecule has 2 heterocycles. The van der Waals surface area contributed by atoms with E-state index in [9.17, 15) is 14.7 Å². The normalized spacial score (nSPS) is 26.2. The van der Waals surface area contributed by atoms with Crippen molar-refractivity contribution < 1.29 is 19.4 Å². The van der Waals surface area contributed by atoms with Crippen LogP contribution in [-0.4, -0.2) is 84.8 Å². The Kier molecular flexibility index (Phi) is 6.24. The Morgan fingerprint density at radius 2 is 1.88 bits per heavy atom. The Labute approximate surface area is 153 Å². The predicted molar refractivity (Wildman–Crippen MR) is 96.6 cm³/mol. The molecule has 142 valence electrons. The van der Waals surface area contributed by atoms with Crippen LogP contribution in [0, 0.1) is 0 Å². The van der Waals surface area contributed by atoms with E-state index in [0.717, 1.165) is 18.7 Å². The Bertz CT molecular complexity index is 618. The van der Waals surface area contributed by atoms with E-state index in [0.29, 0.717) is 26.3 Å². The number of hydrogen-bond donors (Lipinski definition) is 2. The van der Waals surface area contributed by atoms with Crippen LogP contribution >= 0.6 is 0 Å². The monoisotopic (exact) mass is 361 g/mol. The summed E-state index contributed by atoms with van der Waals surface area (Å²) >= 11 is 0. The van der Waals surface area contributed by atoms with Gasteiger partial charge in [0.1, 0.15) is 0 Å². The van der Waals surface area contributed by atoms with Crippen LogP contribution in [0.4, 0.5) is 0 Å². The lowest BCUT2D eigenvalue weighted by atomic mass is 9.75. The molecule has 26 heavy (non-hydrogen) atoms. The van der Waals surface area contributed by atoms with E-state index in [4.69, 9.17) is 4.74 Å². The number of morpholine rings is 1. The summed E-state index contributed by atoms with van der Waals surface area (Å²) in [6.45, 7) is 4.98. The first-order chi connectivity index (χ1) is 12.6. The molecule has 1 aromatic rings. The van der Waals surface area contributed by atoms with Gasteiger partial charge in [-0.1, -0.05) is 30.3 Å². The molecule has 1 aromatic carbocycles. The fourth-order valence-electron chi connectivity index (χ4n) is 4.00. The molecule has 0 aromatic heterocycles. The number of carbonyl (C=O) groups is 2. The van der Waals surface area contributed by atoms with Crippen LogP contribution in [-0.2, 0) is 14.3 Å². The maximum Gasteiger partial charge on any atom is 0.234 e. The predicted octanol–water partition coefficient (Wildman–Crippen LogP) is -0.190. The fourth-order valence-corrected chi connectivity index (χ4v) is 4.00. The second kappa shape index (κ2) is 8.62. The van der Waals surface area contributed by atoms with Gasteiger partial charge in [0.2, 0.25) is 11.8 Å². The third-order valence-corrected chi connectivity index (χ3v) is 5.26. The molecule has 7 heteroatoms. The van der Waals surface area contributed by atoms with Crippen LogP contribution in [0.2, 0.25) is 0 Å². The molecule has 0 bridgehead atoms. The third kappa shape index (κ3) is 4.06. The Balaban J connectivity index is 1.62. The summed E-state index contributed by atoms with van der Waals surface area (Å²) in [5, 5.41) is 12.7. The summed E-state index contributed by atoms with van der Waals surface area (Å²) in [5.74, 6) is -0.105. The molecule has 7 nitrogen and oxygen atoms in total. The average Bonchev–Trinajstić information content (AvgIpc) is 2.62. The highest BCUT2D eigenvalue weighted by molar-refractivity contribution is 5.79. The summed E-state index contributed by atoms with van der Waals surface area (Å²) in [6, 6.07) is 9.48. The second-order valence-electron chi connectivity index (χ2n) is 6.87. The van der Waals surface area contributed by atoms with Crippen molar-refractivity contribution in [3.63, 3.8) is 0 Å². The topological polar surface area (TPSA) is 82.1 Å². The summed E-state index contributed by atoms with van der Waals surface area (Å²) in [6.07, 6.45) is 0. The van der Waals surface area contributed by atoms with Gasteiger partial charge in [-0.25, -0.2) is 0 Å². The summed E-state index contributed by atoms with van der Waals surface area (Å²) in [7, 11) is 0. The van der Waals surface area contributed by atoms with Crippen molar-refractivity contribution in [1.82, 2.24) is 15.1 Å². The number of rotatable bonds is 6. The zero-order valence-corrected chi connectivity index (χ0v) is 15.1. The van der Waals surface area contributed by atoms with Crippen LogP contribution < -0.4 is 5.32 Å². The van der Waals surface area contributed by atoms with Gasteiger partial charge in [0.15, 0.2) is 0 Å². The van der Waals surface area contributed by atoms with Crippen LogP contribution in [0.5, 0.6) is 0 Å². The van der Waals surface area contributed by atoms with Crippen molar-refractivity contribution >= 4 is 11.8 Å². The highest BCUT2D eigenvalue weighted by Crippen LogP contribution is 2.40. The molecule has 2 saturated heterocycles. The van der Waals surface area contributed by atoms with Crippen molar-refractivity contribution in [1.29, 1.82) is 0 Å². The minimum atomic E-state index is -0.240. The number of aliphatic hydroxyl groups is 1. The van der Waals surface area contributed by atoms with Gasteiger partial charge < -0.3 is 20.1 Å². The Morgan fingerprint density at radius 1 is 1.19 bits per heavy atom. The van der Waals surface area contributed by atoms with Crippen LogP contribution in [0.1, 0.15) is 18.4 Å². The van der Waals surface area contributed by atoms with Gasteiger partial charge in [0.25, 0.3) is 0 Å². The largest absolute Gasteiger partial charge is 0.394 e. The highest BCUT2D eigenvalue weighted by atomic mass is 16.5. The summed E-state index contributed by atoms with van der Waals surface area (Å²) in [4.78, 5) is 28.1. The molecule has 2 amide bonds. The lowest BCUT2D eigenvalue weighted by Crippen LogP contribution is -2.68. The van der Waals surface area contributed by atoms with Crippen molar-refractivity contribution in [3.8, 4) is 0 Å². The van der Waals surface area contributed by atoms with Gasteiger partial charge >= 0.3 is 0 Å². The first-order valence-corrected chi connectivity index (χ1v) is 9.13. The average molecular weight is 361 g/mol. The second-order valence-corrected chi connectivity index (χ2v) is 6.87. The van der Waals surface area contributed by atoms with Crippen molar-refractivity contribution in [2.24, 2.45) is 0 Å². The zero-order chi connectivity index (χ0) is 18.5. The third-order valence-electron chi connectivity index (χ3n) is 5.26. The van der Waals surface area contributed by atoms with Crippen LogP contribution in [0.3, 0.4) is 0 Å². The van der Waals surface area contributed by atoms with E-state index in [2.05, 4.69) is 10.2 Å². The molecule has 2 N–H and O–H groups in total. The highest BCUT2D eigenvalue weighted by Gasteiger charge is 2.49. The number of nitrogens with one attached hydrogen (secondary N) is 1. The zero-order valence-electron chi connectivity index (χ0n) is 15.1. The van der Waals surface area contributed by atoms with Gasteiger partial charge in [-0.3, -0.25) is 14.5 Å². The van der Waals surface area contributed by atoms with Gasteiger partial charge in [0, 0.05) is 32.5 Å². The number of ether oxygens (including phenoxy) is 1. The molecule has 2 fully saturated rings. The number of likely N-dealkylation sites (tertiary alicyclic amines) is 1. The maximum atomic E-state index is 12.3. The van der Waals surface area contributed by atoms with E-state index in [-0.39, 0.29) is 36.4 Å². The quantitative estimate of drug-likeness (QED) is 0.734. The van der Waals surface area contributed by atoms with E-state index in [1.54, 1.807) is 4.90 Å². The summed E-state index contributed by atoms with van der Waals surface area (Å²) < 4.78 is 5.29. The SMILES string of the molecule is CC(=O)N1[C@H](CO)[C@@H](c2ccccc2)[C@H]1CNC(=O)CN1CCOCC1. The van der Waals surface area contributed by atoms with E-state index < -0.39 is 0 Å². The van der Waals surface area contributed by atoms with Gasteiger partial charge in [-0.2, -0.15) is 0 Å². The smallest absolute Gasteiger partial charge is 0.234 e. The number of carbonyl (C=O) groups excluding carboxylic acids is 2. The molecular formula is C19H27N3O4. The molecule has 2 aliphatic rings. The van der Waals surface area contributed by atoms with E-state index >= 15 is 0 Å². The van der Waals surface area contributed by atoms with Crippen molar-refractivity contribution in [2.45, 2.75) is 24.9 Å². The molecule has 0 spiro atoms. The van der Waals surface area contributed by atoms with E-state index in [1.807, 2.05) is 30.3 Å². The molecule has 3 atom stereocenters. The fraction of sp³-hybridized carbons (Fsp3) is 0.579. The molecule has 0 unspecified atom stereocenters. The first-order valence-electron chi connectivity index (χ1n) is 9.13. The van der Waals surface area contributed by atoms with Crippen LogP contribution in [0.25, 0.3) is 0 Å². The molecule has 2 aliphatic heterocycles. The molecule has 0 radical (unpaired) electrons. The van der Waals surface area contributed by atoms with Gasteiger partial charge in [0.05, 0.1) is 38.4 Å². The lowest BCUT2D eigenvalue weighted by molar-refractivity contribution is -0.148. The number of aliphatic hydroxyl groups excluding tert-OH is 1. The maximum absolute atomic E-state index is 12.3. The lowest BCUT2D eigenvalue weighted by Gasteiger charge is -2.54. The standard InChI is InChI=1S/C19H27N3O4/c1-14(24)22-16(11-20-18(25)12-21-7-9-26-10-8-21)19(17(22)13-23)15-5-3-2-4-6-15/h2-6,16-17,19,23H,7-13H2,1H3,(H,20,25)/t16-,17-,19+/m1/s1. The molecule has 3 rings (SSSR count). The number of hydrogen-bond acceptors (Lipinski definition) is 5. The Morgan fingerprint density at radius 3 is 2.50 bits per heavy atom. The number of amides is 2. The first kappa shape index (κ1) is 18.8. The van der Waals surface area contributed by atoms with Gasteiger partial charge in [-0.15, -0.1) is 0 Å². The number of benzene rings is 1. The molecule has 0 aliphatic carbocycles. The molecule has 0 saturated carbocycles. The van der Waals surface area contributed by atoms with Crippen molar-refractivity contribution in [2.75, 3.05) is 46.0 Å². The minimum absolute atomic E-state index is 0.0220. The molecular weight excluding hydrogens is 334 g/mol. The number of nitrogens with zero attached hydrogens (tertiary/aromatic N) is 2. The Hall–Kier alpha value is -1.96. The van der Waals surface area contributed by atoms with Crippen molar-refractivity contribution in [3.05, 3.63) is 35.9 Å².